The minimum absolute atomic E-state index is 0.303. The van der Waals surface area contributed by atoms with Gasteiger partial charge in [-0.3, -0.25) is 10.1 Å². The number of imidazole rings is 1. The molecule has 0 saturated heterocycles. The molecule has 9 heteroatoms. The highest BCUT2D eigenvalue weighted by molar-refractivity contribution is 7.14. The van der Waals surface area contributed by atoms with E-state index < -0.39 is 0 Å². The predicted molar refractivity (Wildman–Crippen MR) is 116 cm³/mol. The van der Waals surface area contributed by atoms with Gasteiger partial charge >= 0.3 is 0 Å². The summed E-state index contributed by atoms with van der Waals surface area (Å²) in [5, 5.41) is 4.90. The van der Waals surface area contributed by atoms with Gasteiger partial charge in [0.15, 0.2) is 5.13 Å². The summed E-state index contributed by atoms with van der Waals surface area (Å²) in [6.07, 6.45) is 3.56. The normalized spacial score (nSPS) is 10.7. The number of halogens is 1. The number of carbonyl (C=O) groups is 1. The van der Waals surface area contributed by atoms with Crippen LogP contribution in [0.4, 0.5) is 9.52 Å². The van der Waals surface area contributed by atoms with Gasteiger partial charge in [-0.05, 0) is 42.5 Å². The first-order chi connectivity index (χ1) is 15.0. The van der Waals surface area contributed by atoms with E-state index in [-0.39, 0.29) is 11.7 Å². The number of methoxy groups -OCH3 is 1. The molecule has 0 aliphatic heterocycles. The molecule has 0 atom stereocenters. The van der Waals surface area contributed by atoms with Crippen molar-refractivity contribution in [2.45, 2.75) is 6.61 Å². The van der Waals surface area contributed by atoms with Crippen LogP contribution in [0, 0.1) is 5.82 Å². The van der Waals surface area contributed by atoms with Crippen LogP contribution in [0.2, 0.25) is 0 Å². The summed E-state index contributed by atoms with van der Waals surface area (Å²) in [7, 11) is 3.41. The number of amides is 1. The van der Waals surface area contributed by atoms with Gasteiger partial charge in [-0.25, -0.2) is 14.4 Å². The summed E-state index contributed by atoms with van der Waals surface area (Å²) in [5.74, 6) is 1.25. The van der Waals surface area contributed by atoms with Gasteiger partial charge in [0.1, 0.15) is 29.7 Å². The van der Waals surface area contributed by atoms with E-state index in [1.54, 1.807) is 41.9 Å². The average Bonchev–Trinajstić information content (AvgIpc) is 3.41. The monoisotopic (exact) mass is 438 g/mol. The number of rotatable bonds is 7. The van der Waals surface area contributed by atoms with Gasteiger partial charge < -0.3 is 14.0 Å². The van der Waals surface area contributed by atoms with Gasteiger partial charge in [-0.2, -0.15) is 0 Å². The first kappa shape index (κ1) is 20.5. The first-order valence-electron chi connectivity index (χ1n) is 9.33. The Morgan fingerprint density at radius 3 is 2.74 bits per heavy atom. The molecule has 2 heterocycles. The summed E-state index contributed by atoms with van der Waals surface area (Å²) in [6, 6.07) is 11.0. The highest BCUT2D eigenvalue weighted by atomic mass is 32.1. The van der Waals surface area contributed by atoms with Gasteiger partial charge in [0.2, 0.25) is 0 Å². The van der Waals surface area contributed by atoms with Crippen molar-refractivity contribution < 1.29 is 18.7 Å². The van der Waals surface area contributed by atoms with Crippen molar-refractivity contribution in [1.82, 2.24) is 14.5 Å². The summed E-state index contributed by atoms with van der Waals surface area (Å²) >= 11 is 1.25. The molecule has 7 nitrogen and oxygen atoms in total. The second-order valence-electron chi connectivity index (χ2n) is 6.60. The van der Waals surface area contributed by atoms with E-state index in [9.17, 15) is 9.18 Å². The molecule has 0 aliphatic rings. The van der Waals surface area contributed by atoms with Gasteiger partial charge in [0.05, 0.1) is 12.8 Å². The fraction of sp³-hybridized carbons (Fsp3) is 0.136. The molecule has 0 unspecified atom stereocenters. The fourth-order valence-corrected chi connectivity index (χ4v) is 3.60. The Bertz CT molecular complexity index is 1200. The van der Waals surface area contributed by atoms with E-state index >= 15 is 0 Å². The van der Waals surface area contributed by atoms with E-state index in [1.165, 1.54) is 30.6 Å². The summed E-state index contributed by atoms with van der Waals surface area (Å²) in [6.45, 7) is 0.334. The third kappa shape index (κ3) is 4.72. The zero-order valence-corrected chi connectivity index (χ0v) is 17.6. The molecular formula is C22H19FN4O3S. The van der Waals surface area contributed by atoms with Crippen LogP contribution in [0.25, 0.3) is 11.3 Å². The van der Waals surface area contributed by atoms with E-state index in [2.05, 4.69) is 15.3 Å². The number of thiazole rings is 1. The molecule has 0 bridgehead atoms. The topological polar surface area (TPSA) is 78.3 Å². The minimum Gasteiger partial charge on any atom is -0.496 e. The van der Waals surface area contributed by atoms with E-state index in [0.717, 1.165) is 5.82 Å². The van der Waals surface area contributed by atoms with Gasteiger partial charge in [-0.15, -0.1) is 11.3 Å². The SMILES string of the molecule is COc1ccc(F)cc1-c1csc(NC(=O)c2ccc(OCc3nccn3C)cc2)n1. The van der Waals surface area contributed by atoms with Crippen molar-refractivity contribution in [2.75, 3.05) is 12.4 Å². The van der Waals surface area contributed by atoms with Crippen LogP contribution >= 0.6 is 11.3 Å². The molecule has 0 spiro atoms. The van der Waals surface area contributed by atoms with Crippen molar-refractivity contribution >= 4 is 22.4 Å². The van der Waals surface area contributed by atoms with Crippen LogP contribution in [0.1, 0.15) is 16.2 Å². The largest absolute Gasteiger partial charge is 0.496 e. The molecule has 2 aromatic carbocycles. The summed E-state index contributed by atoms with van der Waals surface area (Å²) in [4.78, 5) is 21.1. The lowest BCUT2D eigenvalue weighted by atomic mass is 10.1. The van der Waals surface area contributed by atoms with Crippen LogP contribution in [0.15, 0.2) is 60.2 Å². The number of aromatic nitrogens is 3. The average molecular weight is 438 g/mol. The second kappa shape index (κ2) is 8.97. The highest BCUT2D eigenvalue weighted by Crippen LogP contribution is 2.33. The van der Waals surface area contributed by atoms with E-state index in [0.29, 0.717) is 40.1 Å². The number of hydrogen-bond acceptors (Lipinski definition) is 6. The first-order valence-corrected chi connectivity index (χ1v) is 10.2. The quantitative estimate of drug-likeness (QED) is 0.459. The third-order valence-corrected chi connectivity index (χ3v) is 5.33. The summed E-state index contributed by atoms with van der Waals surface area (Å²) in [5.41, 5.74) is 1.51. The Morgan fingerprint density at radius 2 is 2.03 bits per heavy atom. The van der Waals surface area contributed by atoms with Crippen LogP contribution in [-0.2, 0) is 13.7 Å². The van der Waals surface area contributed by atoms with Crippen LogP contribution < -0.4 is 14.8 Å². The maximum absolute atomic E-state index is 13.6. The fourth-order valence-electron chi connectivity index (χ4n) is 2.89. The lowest BCUT2D eigenvalue weighted by molar-refractivity contribution is 0.102. The maximum atomic E-state index is 13.6. The molecule has 4 rings (SSSR count). The van der Waals surface area contributed by atoms with Crippen molar-refractivity contribution in [1.29, 1.82) is 0 Å². The molecular weight excluding hydrogens is 419 g/mol. The highest BCUT2D eigenvalue weighted by Gasteiger charge is 2.14. The van der Waals surface area contributed by atoms with E-state index in [1.807, 2.05) is 17.8 Å². The van der Waals surface area contributed by atoms with Crippen molar-refractivity contribution in [3.05, 3.63) is 77.4 Å². The Morgan fingerprint density at radius 1 is 1.23 bits per heavy atom. The Balaban J connectivity index is 1.41. The smallest absolute Gasteiger partial charge is 0.257 e. The van der Waals surface area contributed by atoms with Gasteiger partial charge in [0.25, 0.3) is 5.91 Å². The molecule has 0 aliphatic carbocycles. The molecule has 0 fully saturated rings. The van der Waals surface area contributed by atoms with Crippen LogP contribution in [0.5, 0.6) is 11.5 Å². The number of anilines is 1. The van der Waals surface area contributed by atoms with Crippen molar-refractivity contribution in [2.24, 2.45) is 7.05 Å². The Labute approximate surface area is 182 Å². The van der Waals surface area contributed by atoms with Crippen LogP contribution in [-0.4, -0.2) is 27.6 Å². The van der Waals surface area contributed by atoms with E-state index in [4.69, 9.17) is 9.47 Å². The lowest BCUT2D eigenvalue weighted by Crippen LogP contribution is -2.11. The Hall–Kier alpha value is -3.72. The molecule has 1 amide bonds. The van der Waals surface area contributed by atoms with Gasteiger partial charge in [0, 0.05) is 35.9 Å². The predicted octanol–water partition coefficient (Wildman–Crippen LogP) is 4.52. The second-order valence-corrected chi connectivity index (χ2v) is 7.46. The molecule has 4 aromatic rings. The Kier molecular flexibility index (Phi) is 5.94. The van der Waals surface area contributed by atoms with Crippen molar-refractivity contribution in [3.63, 3.8) is 0 Å². The maximum Gasteiger partial charge on any atom is 0.257 e. The number of ether oxygens (including phenoxy) is 2. The molecule has 0 saturated carbocycles. The molecule has 31 heavy (non-hydrogen) atoms. The molecule has 2 aromatic heterocycles. The number of aryl methyl sites for hydroxylation is 1. The third-order valence-electron chi connectivity index (χ3n) is 4.57. The standard InChI is InChI=1S/C22H19FN4O3S/c1-27-10-9-24-20(27)12-30-16-6-3-14(4-7-16)21(28)26-22-25-18(13-31-22)17-11-15(23)5-8-19(17)29-2/h3-11,13H,12H2,1-2H3,(H,25,26,28). The van der Waals surface area contributed by atoms with Gasteiger partial charge in [-0.1, -0.05) is 0 Å². The lowest BCUT2D eigenvalue weighted by Gasteiger charge is -2.07. The number of hydrogen-bond donors (Lipinski definition) is 1. The minimum atomic E-state index is -0.389. The zero-order valence-electron chi connectivity index (χ0n) is 16.8. The molecule has 0 radical (unpaired) electrons. The number of nitrogens with zero attached hydrogens (tertiary/aromatic N) is 3. The number of nitrogens with one attached hydrogen (secondary N) is 1. The summed E-state index contributed by atoms with van der Waals surface area (Å²) < 4.78 is 26.5. The number of benzene rings is 2. The van der Waals surface area contributed by atoms with Crippen LogP contribution in [0.3, 0.4) is 0 Å². The van der Waals surface area contributed by atoms with Crippen molar-refractivity contribution in [3.8, 4) is 22.8 Å². The molecule has 1 N–H and O–H groups in total. The zero-order chi connectivity index (χ0) is 21.8. The number of carbonyl (C=O) groups excluding carboxylic acids is 1. The molecule has 158 valence electrons.